The molecule has 0 atom stereocenters. The second-order valence-corrected chi connectivity index (χ2v) is 8.33. The largest absolute Gasteiger partial charge is 0.0654 e. The van der Waals surface area contributed by atoms with E-state index in [9.17, 15) is 0 Å². The van der Waals surface area contributed by atoms with E-state index < -0.39 is 0 Å². The Morgan fingerprint density at radius 1 is 0.531 bits per heavy atom. The van der Waals surface area contributed by atoms with E-state index in [1.54, 1.807) is 0 Å². The van der Waals surface area contributed by atoms with Crippen LogP contribution in [-0.4, -0.2) is 0 Å². The summed E-state index contributed by atoms with van der Waals surface area (Å²) in [5.74, 6) is 13.3. The Morgan fingerprint density at radius 2 is 1.00 bits per heavy atom. The minimum atomic E-state index is 0.946. The van der Waals surface area contributed by atoms with Crippen molar-refractivity contribution in [3.8, 4) is 23.7 Å². The highest BCUT2D eigenvalue weighted by Gasteiger charge is 2.00. The van der Waals surface area contributed by atoms with Crippen molar-refractivity contribution in [1.82, 2.24) is 0 Å². The SMILES string of the molecule is CCCCc1ccc(C#Cc2ccc(C#Cc3ccc(CCCC)cc3)c(CC)c2)cc1. The lowest BCUT2D eigenvalue weighted by Crippen LogP contribution is -1.90. The molecule has 0 amide bonds. The van der Waals surface area contributed by atoms with Crippen LogP contribution in [0.1, 0.15) is 85.4 Å². The Bertz CT molecular complexity index is 1110. The van der Waals surface area contributed by atoms with Crippen LogP contribution >= 0.6 is 0 Å². The Balaban J connectivity index is 1.70. The van der Waals surface area contributed by atoms with Crippen LogP contribution in [0, 0.1) is 23.7 Å². The molecule has 0 N–H and O–H groups in total. The Hall–Kier alpha value is -3.22. The molecule has 0 unspecified atom stereocenters. The third kappa shape index (κ3) is 7.18. The van der Waals surface area contributed by atoms with Gasteiger partial charge in [-0.2, -0.15) is 0 Å². The molecule has 0 heterocycles. The summed E-state index contributed by atoms with van der Waals surface area (Å²) < 4.78 is 0. The quantitative estimate of drug-likeness (QED) is 0.344. The number of unbranched alkanes of at least 4 members (excludes halogenated alkanes) is 2. The molecule has 0 aliphatic rings. The van der Waals surface area contributed by atoms with Gasteiger partial charge in [-0.15, -0.1) is 0 Å². The number of rotatable bonds is 7. The van der Waals surface area contributed by atoms with E-state index >= 15 is 0 Å². The number of benzene rings is 3. The van der Waals surface area contributed by atoms with Crippen molar-refractivity contribution in [2.45, 2.75) is 65.7 Å². The van der Waals surface area contributed by atoms with Gasteiger partial charge in [-0.25, -0.2) is 0 Å². The first-order chi connectivity index (χ1) is 15.7. The molecule has 0 spiro atoms. The van der Waals surface area contributed by atoms with Crippen LogP contribution < -0.4 is 0 Å². The molecule has 32 heavy (non-hydrogen) atoms. The number of aryl methyl sites for hydroxylation is 3. The first-order valence-corrected chi connectivity index (χ1v) is 12.1. The van der Waals surface area contributed by atoms with Crippen molar-refractivity contribution in [2.75, 3.05) is 0 Å². The zero-order chi connectivity index (χ0) is 22.6. The molecule has 0 saturated carbocycles. The van der Waals surface area contributed by atoms with Crippen LogP contribution in [0.4, 0.5) is 0 Å². The fraction of sp³-hybridized carbons (Fsp3) is 0.312. The maximum absolute atomic E-state index is 3.37. The van der Waals surface area contributed by atoms with Gasteiger partial charge in [0.25, 0.3) is 0 Å². The number of hydrogen-bond donors (Lipinski definition) is 0. The lowest BCUT2D eigenvalue weighted by atomic mass is 10.0. The Morgan fingerprint density at radius 3 is 1.50 bits per heavy atom. The third-order valence-electron chi connectivity index (χ3n) is 5.72. The molecule has 0 nitrogen and oxygen atoms in total. The zero-order valence-electron chi connectivity index (χ0n) is 19.8. The van der Waals surface area contributed by atoms with Gasteiger partial charge in [0, 0.05) is 22.3 Å². The second-order valence-electron chi connectivity index (χ2n) is 8.33. The molecule has 0 heteroatoms. The van der Waals surface area contributed by atoms with Crippen LogP contribution in [-0.2, 0) is 19.3 Å². The summed E-state index contributed by atoms with van der Waals surface area (Å²) in [6.45, 7) is 6.63. The molecule has 0 aliphatic heterocycles. The summed E-state index contributed by atoms with van der Waals surface area (Å²) in [6.07, 6.45) is 8.18. The van der Waals surface area contributed by atoms with Crippen LogP contribution in [0.25, 0.3) is 0 Å². The molecule has 0 radical (unpaired) electrons. The predicted molar refractivity (Wildman–Crippen MR) is 138 cm³/mol. The number of hydrogen-bond acceptors (Lipinski definition) is 0. The van der Waals surface area contributed by atoms with Crippen molar-refractivity contribution in [3.63, 3.8) is 0 Å². The monoisotopic (exact) mass is 418 g/mol. The molecule has 3 rings (SSSR count). The second kappa shape index (κ2) is 12.6. The average molecular weight is 419 g/mol. The van der Waals surface area contributed by atoms with Gasteiger partial charge in [-0.1, -0.05) is 81.6 Å². The van der Waals surface area contributed by atoms with Gasteiger partial charge in [0.2, 0.25) is 0 Å². The van der Waals surface area contributed by atoms with E-state index in [0.29, 0.717) is 0 Å². The van der Waals surface area contributed by atoms with Gasteiger partial charge in [0.15, 0.2) is 0 Å². The topological polar surface area (TPSA) is 0 Å². The minimum Gasteiger partial charge on any atom is -0.0654 e. The maximum atomic E-state index is 3.37. The first kappa shape index (κ1) is 23.4. The highest BCUT2D eigenvalue weighted by Crippen LogP contribution is 2.13. The van der Waals surface area contributed by atoms with Gasteiger partial charge in [0.05, 0.1) is 0 Å². The van der Waals surface area contributed by atoms with E-state index in [4.69, 9.17) is 0 Å². The normalized spacial score (nSPS) is 10.1. The molecule has 162 valence electrons. The molecule has 0 saturated heterocycles. The highest BCUT2D eigenvalue weighted by molar-refractivity contribution is 5.52. The maximum Gasteiger partial charge on any atom is 0.0281 e. The summed E-state index contributed by atoms with van der Waals surface area (Å²) >= 11 is 0. The molecule has 3 aromatic carbocycles. The summed E-state index contributed by atoms with van der Waals surface area (Å²) in [7, 11) is 0. The highest BCUT2D eigenvalue weighted by atomic mass is 14.0. The van der Waals surface area contributed by atoms with Gasteiger partial charge < -0.3 is 0 Å². The Labute approximate surface area is 195 Å². The van der Waals surface area contributed by atoms with Gasteiger partial charge in [-0.05, 0) is 91.3 Å². The Kier molecular flexibility index (Phi) is 9.22. The molecule has 3 aromatic rings. The van der Waals surface area contributed by atoms with Crippen LogP contribution in [0.2, 0.25) is 0 Å². The first-order valence-electron chi connectivity index (χ1n) is 12.1. The molecule has 0 bridgehead atoms. The van der Waals surface area contributed by atoms with Crippen molar-refractivity contribution in [1.29, 1.82) is 0 Å². The summed E-state index contributed by atoms with van der Waals surface area (Å²) in [5, 5.41) is 0. The molecule has 0 fully saturated rings. The standard InChI is InChI=1S/C32H34/c1-4-7-9-26-11-15-28(16-12-26)19-20-30-22-24-32(31(6-3)25-30)23-21-29-17-13-27(14-18-29)10-8-5-2/h11-18,22,24-25H,4-10H2,1-3H3. The van der Waals surface area contributed by atoms with E-state index in [-0.39, 0.29) is 0 Å². The van der Waals surface area contributed by atoms with Crippen LogP contribution in [0.3, 0.4) is 0 Å². The fourth-order valence-corrected chi connectivity index (χ4v) is 3.64. The van der Waals surface area contributed by atoms with Crippen LogP contribution in [0.15, 0.2) is 66.7 Å². The molecular formula is C32H34. The zero-order valence-corrected chi connectivity index (χ0v) is 19.8. The van der Waals surface area contributed by atoms with Crippen molar-refractivity contribution in [2.24, 2.45) is 0 Å². The lowest BCUT2D eigenvalue weighted by molar-refractivity contribution is 0.795. The fourth-order valence-electron chi connectivity index (χ4n) is 3.64. The van der Waals surface area contributed by atoms with Crippen molar-refractivity contribution < 1.29 is 0 Å². The summed E-state index contributed by atoms with van der Waals surface area (Å²) in [4.78, 5) is 0. The van der Waals surface area contributed by atoms with E-state index in [1.165, 1.54) is 42.4 Å². The summed E-state index contributed by atoms with van der Waals surface area (Å²) in [6, 6.07) is 23.7. The molecule has 0 aromatic heterocycles. The summed E-state index contributed by atoms with van der Waals surface area (Å²) in [5.41, 5.74) is 8.30. The van der Waals surface area contributed by atoms with Gasteiger partial charge in [-0.3, -0.25) is 0 Å². The van der Waals surface area contributed by atoms with Crippen molar-refractivity contribution in [3.05, 3.63) is 106 Å². The molecular weight excluding hydrogens is 384 g/mol. The smallest absolute Gasteiger partial charge is 0.0281 e. The lowest BCUT2D eigenvalue weighted by Gasteiger charge is -2.03. The third-order valence-corrected chi connectivity index (χ3v) is 5.72. The van der Waals surface area contributed by atoms with E-state index in [0.717, 1.165) is 41.5 Å². The average Bonchev–Trinajstić information content (AvgIpc) is 2.85. The van der Waals surface area contributed by atoms with E-state index in [1.807, 2.05) is 0 Å². The molecule has 0 aliphatic carbocycles. The van der Waals surface area contributed by atoms with Gasteiger partial charge in [0.1, 0.15) is 0 Å². The predicted octanol–water partition coefficient (Wildman–Crippen LogP) is 7.73. The minimum absolute atomic E-state index is 0.946. The van der Waals surface area contributed by atoms with Crippen LogP contribution in [0.5, 0.6) is 0 Å². The van der Waals surface area contributed by atoms with E-state index in [2.05, 4.69) is 111 Å². The van der Waals surface area contributed by atoms with Gasteiger partial charge >= 0.3 is 0 Å². The van der Waals surface area contributed by atoms with Crippen molar-refractivity contribution >= 4 is 0 Å².